The van der Waals surface area contributed by atoms with Crippen LogP contribution in [0.15, 0.2) is 12.3 Å². The van der Waals surface area contributed by atoms with Crippen molar-refractivity contribution < 1.29 is 9.53 Å². The van der Waals surface area contributed by atoms with E-state index in [-0.39, 0.29) is 11.1 Å². The average molecular weight is 296 g/mol. The fourth-order valence-corrected chi connectivity index (χ4v) is 2.74. The molecule has 1 aliphatic heterocycles. The third-order valence-electron chi connectivity index (χ3n) is 3.82. The third kappa shape index (κ3) is 2.88. The van der Waals surface area contributed by atoms with Crippen molar-refractivity contribution in [3.63, 3.8) is 0 Å². The Morgan fingerprint density at radius 2 is 2.30 bits per heavy atom. The van der Waals surface area contributed by atoms with Gasteiger partial charge in [-0.15, -0.1) is 0 Å². The van der Waals surface area contributed by atoms with E-state index in [1.807, 2.05) is 4.90 Å². The molecule has 1 amide bonds. The summed E-state index contributed by atoms with van der Waals surface area (Å²) in [5.41, 5.74) is 6.57. The lowest BCUT2D eigenvalue weighted by atomic mass is 10.1. The Kier molecular flexibility index (Phi) is 3.81. The van der Waals surface area contributed by atoms with Crippen LogP contribution in [0.5, 0.6) is 0 Å². The fraction of sp³-hybridized carbons (Fsp3) is 0.571. The van der Waals surface area contributed by atoms with Crippen LogP contribution in [0.25, 0.3) is 0 Å². The van der Waals surface area contributed by atoms with E-state index in [0.29, 0.717) is 23.2 Å². The highest BCUT2D eigenvalue weighted by molar-refractivity contribution is 6.32. The number of ether oxygens (including phenoxy) is 1. The Labute approximate surface area is 123 Å². The lowest BCUT2D eigenvalue weighted by molar-refractivity contribution is 0.0706. The highest BCUT2D eigenvalue weighted by atomic mass is 35.5. The molecule has 2 fully saturated rings. The second kappa shape index (κ2) is 5.58. The molecule has 6 heteroatoms. The first-order valence-electron chi connectivity index (χ1n) is 6.95. The molecule has 0 bridgehead atoms. The molecule has 1 aromatic rings. The zero-order chi connectivity index (χ0) is 14.1. The minimum absolute atomic E-state index is 0.0656. The number of rotatable bonds is 4. The Hall–Kier alpha value is -1.33. The van der Waals surface area contributed by atoms with Gasteiger partial charge in [-0.05, 0) is 25.3 Å². The lowest BCUT2D eigenvalue weighted by Gasteiger charge is -2.25. The highest BCUT2D eigenvalue weighted by Crippen LogP contribution is 2.31. The van der Waals surface area contributed by atoms with Gasteiger partial charge in [0, 0.05) is 25.1 Å². The van der Waals surface area contributed by atoms with E-state index in [9.17, 15) is 4.79 Å². The molecule has 1 atom stereocenters. The van der Waals surface area contributed by atoms with E-state index in [2.05, 4.69) is 4.98 Å². The maximum atomic E-state index is 12.7. The van der Waals surface area contributed by atoms with Gasteiger partial charge < -0.3 is 15.4 Å². The van der Waals surface area contributed by atoms with E-state index >= 15 is 0 Å². The first-order valence-corrected chi connectivity index (χ1v) is 7.32. The van der Waals surface area contributed by atoms with Crippen LogP contribution < -0.4 is 5.73 Å². The number of hydrogen-bond donors (Lipinski definition) is 1. The van der Waals surface area contributed by atoms with Gasteiger partial charge >= 0.3 is 0 Å². The van der Waals surface area contributed by atoms with Gasteiger partial charge in [0.25, 0.3) is 5.91 Å². The number of anilines is 1. The van der Waals surface area contributed by atoms with Crippen LogP contribution in [0.2, 0.25) is 5.15 Å². The van der Waals surface area contributed by atoms with Gasteiger partial charge in [0.1, 0.15) is 5.15 Å². The number of carbonyl (C=O) groups is 1. The predicted molar refractivity (Wildman–Crippen MR) is 76.6 cm³/mol. The van der Waals surface area contributed by atoms with E-state index in [4.69, 9.17) is 22.1 Å². The molecular formula is C14H18ClN3O2. The lowest BCUT2D eigenvalue weighted by Crippen LogP contribution is -2.37. The molecule has 1 aromatic heterocycles. The van der Waals surface area contributed by atoms with Crippen molar-refractivity contribution in [2.24, 2.45) is 5.92 Å². The van der Waals surface area contributed by atoms with Crippen molar-refractivity contribution in [2.45, 2.75) is 25.3 Å². The van der Waals surface area contributed by atoms with E-state index in [1.165, 1.54) is 6.20 Å². The number of pyridine rings is 1. The maximum Gasteiger partial charge on any atom is 0.257 e. The summed E-state index contributed by atoms with van der Waals surface area (Å²) in [5.74, 6) is 0.358. The van der Waals surface area contributed by atoms with E-state index in [1.54, 1.807) is 6.07 Å². The average Bonchev–Trinajstić information content (AvgIpc) is 3.15. The minimum Gasteiger partial charge on any atom is -0.397 e. The van der Waals surface area contributed by atoms with Gasteiger partial charge in [0.05, 0.1) is 24.1 Å². The summed E-state index contributed by atoms with van der Waals surface area (Å²) in [6.07, 6.45) is 4.60. The molecule has 108 valence electrons. The molecule has 3 rings (SSSR count). The molecule has 2 heterocycles. The number of hydrogen-bond acceptors (Lipinski definition) is 4. The standard InChI is InChI=1S/C14H18ClN3O2/c15-13-12(5-10(16)6-17-13)14(19)18(11-1-2-11)7-9-3-4-20-8-9/h5-6,9,11H,1-4,7-8,16H2. The largest absolute Gasteiger partial charge is 0.397 e. The molecule has 2 N–H and O–H groups in total. The third-order valence-corrected chi connectivity index (χ3v) is 4.12. The van der Waals surface area contributed by atoms with Crippen molar-refractivity contribution in [3.8, 4) is 0 Å². The molecule has 0 spiro atoms. The van der Waals surface area contributed by atoms with Gasteiger partial charge in [0.15, 0.2) is 0 Å². The molecule has 1 aliphatic carbocycles. The van der Waals surface area contributed by atoms with Crippen LogP contribution >= 0.6 is 11.6 Å². The quantitative estimate of drug-likeness (QED) is 0.862. The van der Waals surface area contributed by atoms with Crippen molar-refractivity contribution in [1.82, 2.24) is 9.88 Å². The van der Waals surface area contributed by atoms with Crippen molar-refractivity contribution >= 4 is 23.2 Å². The minimum atomic E-state index is -0.0656. The topological polar surface area (TPSA) is 68.5 Å². The van der Waals surface area contributed by atoms with Crippen molar-refractivity contribution in [2.75, 3.05) is 25.5 Å². The number of halogens is 1. The molecule has 2 aliphatic rings. The van der Waals surface area contributed by atoms with E-state index < -0.39 is 0 Å². The fourth-order valence-electron chi connectivity index (χ4n) is 2.56. The Morgan fingerprint density at radius 3 is 2.95 bits per heavy atom. The van der Waals surface area contributed by atoms with Crippen molar-refractivity contribution in [3.05, 3.63) is 23.0 Å². The van der Waals surface area contributed by atoms with Crippen LogP contribution in [0.1, 0.15) is 29.6 Å². The molecule has 20 heavy (non-hydrogen) atoms. The Morgan fingerprint density at radius 1 is 1.50 bits per heavy atom. The number of carbonyl (C=O) groups excluding carboxylic acids is 1. The molecular weight excluding hydrogens is 278 g/mol. The second-order valence-corrected chi connectivity index (χ2v) is 5.88. The Bertz CT molecular complexity index is 513. The molecule has 1 saturated heterocycles. The second-order valence-electron chi connectivity index (χ2n) is 5.53. The molecule has 5 nitrogen and oxygen atoms in total. The van der Waals surface area contributed by atoms with Gasteiger partial charge in [0.2, 0.25) is 0 Å². The number of amides is 1. The Balaban J connectivity index is 1.79. The number of nitrogens with two attached hydrogens (primary N) is 1. The van der Waals surface area contributed by atoms with Crippen LogP contribution in [0.3, 0.4) is 0 Å². The normalized spacial score (nSPS) is 21.9. The molecule has 0 radical (unpaired) electrons. The summed E-state index contributed by atoms with van der Waals surface area (Å²) in [4.78, 5) is 18.6. The monoisotopic (exact) mass is 295 g/mol. The van der Waals surface area contributed by atoms with E-state index in [0.717, 1.165) is 39.0 Å². The summed E-state index contributed by atoms with van der Waals surface area (Å²) in [6.45, 7) is 2.26. The number of aromatic nitrogens is 1. The first-order chi connectivity index (χ1) is 9.65. The zero-order valence-corrected chi connectivity index (χ0v) is 12.0. The SMILES string of the molecule is Nc1cnc(Cl)c(C(=O)N(CC2CCOC2)C2CC2)c1. The molecule has 1 saturated carbocycles. The van der Waals surface area contributed by atoms with Gasteiger partial charge in [-0.3, -0.25) is 4.79 Å². The number of nitrogens with zero attached hydrogens (tertiary/aromatic N) is 2. The van der Waals surface area contributed by atoms with Crippen LogP contribution in [0, 0.1) is 5.92 Å². The van der Waals surface area contributed by atoms with Crippen LogP contribution in [-0.4, -0.2) is 41.6 Å². The molecule has 0 aromatic carbocycles. The summed E-state index contributed by atoms with van der Waals surface area (Å²) in [6, 6.07) is 1.94. The van der Waals surface area contributed by atoms with Gasteiger partial charge in [-0.1, -0.05) is 11.6 Å². The smallest absolute Gasteiger partial charge is 0.257 e. The summed E-state index contributed by atoms with van der Waals surface area (Å²) in [7, 11) is 0. The van der Waals surface area contributed by atoms with Gasteiger partial charge in [-0.25, -0.2) is 4.98 Å². The zero-order valence-electron chi connectivity index (χ0n) is 11.2. The van der Waals surface area contributed by atoms with Crippen LogP contribution in [-0.2, 0) is 4.74 Å². The predicted octanol–water partition coefficient (Wildman–Crippen LogP) is 1.96. The van der Waals surface area contributed by atoms with Crippen molar-refractivity contribution in [1.29, 1.82) is 0 Å². The van der Waals surface area contributed by atoms with Crippen LogP contribution in [0.4, 0.5) is 5.69 Å². The summed E-state index contributed by atoms with van der Waals surface area (Å²) >= 11 is 6.04. The number of nitrogen functional groups attached to an aromatic ring is 1. The highest BCUT2D eigenvalue weighted by Gasteiger charge is 2.36. The summed E-state index contributed by atoms with van der Waals surface area (Å²) < 4.78 is 5.39. The summed E-state index contributed by atoms with van der Waals surface area (Å²) in [5, 5.41) is 0.220. The molecule has 1 unspecified atom stereocenters. The maximum absolute atomic E-state index is 12.7. The van der Waals surface area contributed by atoms with Gasteiger partial charge in [-0.2, -0.15) is 0 Å². The first kappa shape index (κ1) is 13.6.